The molecule has 1 aliphatic heterocycles. The molecular weight excluding hydrogens is 404 g/mol. The number of hydrogen-bond donors (Lipinski definition) is 2. The third-order valence-electron chi connectivity index (χ3n) is 5.01. The van der Waals surface area contributed by atoms with Gasteiger partial charge in [-0.3, -0.25) is 4.98 Å². The lowest BCUT2D eigenvalue weighted by molar-refractivity contribution is 0.0711. The lowest BCUT2D eigenvalue weighted by atomic mass is 10.2. The van der Waals surface area contributed by atoms with E-state index in [0.717, 1.165) is 34.6 Å². The van der Waals surface area contributed by atoms with Gasteiger partial charge in [0.25, 0.3) is 0 Å². The van der Waals surface area contributed by atoms with Crippen LogP contribution in [-0.4, -0.2) is 53.2 Å². The predicted molar refractivity (Wildman–Crippen MR) is 125 cm³/mol. The third kappa shape index (κ3) is 4.55. The fourth-order valence-electron chi connectivity index (χ4n) is 3.60. The molecule has 1 aliphatic rings. The molecule has 8 nitrogen and oxygen atoms in total. The summed E-state index contributed by atoms with van der Waals surface area (Å²) >= 11 is 0. The summed E-state index contributed by atoms with van der Waals surface area (Å²) in [6.45, 7) is 1.33. The Kier molecular flexibility index (Phi) is 5.43. The van der Waals surface area contributed by atoms with Gasteiger partial charge in [-0.05, 0) is 44.4 Å². The molecule has 5 rings (SSSR count). The van der Waals surface area contributed by atoms with Crippen molar-refractivity contribution in [2.24, 2.45) is 0 Å². The minimum absolute atomic E-state index is 0.00732. The van der Waals surface area contributed by atoms with Crippen molar-refractivity contribution >= 4 is 34.0 Å². The first-order chi connectivity index (χ1) is 15.6. The second kappa shape index (κ2) is 8.68. The zero-order valence-corrected chi connectivity index (χ0v) is 17.9. The van der Waals surface area contributed by atoms with Crippen LogP contribution in [0.25, 0.3) is 10.9 Å². The minimum Gasteiger partial charge on any atom is -0.486 e. The molecule has 1 atom stereocenters. The number of anilines is 4. The average Bonchev–Trinajstić information content (AvgIpc) is 2.79. The van der Waals surface area contributed by atoms with Gasteiger partial charge < -0.3 is 25.0 Å². The maximum absolute atomic E-state index is 6.09. The number of nitrogens with zero attached hydrogens (tertiary/aromatic N) is 4. The number of likely N-dealkylation sites (N-methyl/N-ethyl adjacent to an activating group) is 1. The molecule has 0 saturated heterocycles. The molecule has 2 aromatic carbocycles. The highest BCUT2D eigenvalue weighted by Crippen LogP contribution is 2.35. The fraction of sp³-hybridized carbons (Fsp3) is 0.208. The van der Waals surface area contributed by atoms with Crippen LogP contribution in [-0.2, 0) is 0 Å². The molecule has 32 heavy (non-hydrogen) atoms. The monoisotopic (exact) mass is 428 g/mol. The van der Waals surface area contributed by atoms with Gasteiger partial charge in [0, 0.05) is 29.9 Å². The van der Waals surface area contributed by atoms with E-state index in [9.17, 15) is 0 Å². The summed E-state index contributed by atoms with van der Waals surface area (Å²) in [7, 11) is 4.03. The second-order valence-electron chi connectivity index (χ2n) is 7.91. The molecule has 2 aromatic heterocycles. The Labute approximate surface area is 186 Å². The number of aromatic nitrogens is 3. The van der Waals surface area contributed by atoms with Gasteiger partial charge in [0.05, 0.1) is 17.4 Å². The van der Waals surface area contributed by atoms with E-state index in [1.807, 2.05) is 68.7 Å². The first-order valence-corrected chi connectivity index (χ1v) is 10.4. The SMILES string of the molecule is CN(C)CC1COc2ccc(Nc3nccc(Nc4cnc5ccccc5c4)n3)cc2O1. The highest BCUT2D eigenvalue weighted by atomic mass is 16.6. The van der Waals surface area contributed by atoms with Gasteiger partial charge in [-0.15, -0.1) is 0 Å². The van der Waals surface area contributed by atoms with Gasteiger partial charge in [-0.2, -0.15) is 4.98 Å². The topological polar surface area (TPSA) is 84.4 Å². The summed E-state index contributed by atoms with van der Waals surface area (Å²) in [5, 5.41) is 7.60. The van der Waals surface area contributed by atoms with Gasteiger partial charge in [-0.25, -0.2) is 4.98 Å². The summed E-state index contributed by atoms with van der Waals surface area (Å²) in [5.74, 6) is 2.60. The number of pyridine rings is 1. The zero-order valence-electron chi connectivity index (χ0n) is 17.9. The van der Waals surface area contributed by atoms with Gasteiger partial charge in [0.1, 0.15) is 18.5 Å². The molecule has 0 aliphatic carbocycles. The molecule has 0 saturated carbocycles. The molecule has 3 heterocycles. The predicted octanol–water partition coefficient (Wildman–Crippen LogP) is 4.21. The molecule has 2 N–H and O–H groups in total. The first-order valence-electron chi connectivity index (χ1n) is 10.4. The number of para-hydroxylation sites is 1. The molecule has 0 amide bonds. The number of benzene rings is 2. The summed E-state index contributed by atoms with van der Waals surface area (Å²) in [5.41, 5.74) is 2.64. The van der Waals surface area contributed by atoms with Crippen LogP contribution >= 0.6 is 0 Å². The number of fused-ring (bicyclic) bond motifs is 2. The Morgan fingerprint density at radius 1 is 0.969 bits per heavy atom. The number of nitrogens with one attached hydrogen (secondary N) is 2. The Hall–Kier alpha value is -3.91. The van der Waals surface area contributed by atoms with E-state index in [1.54, 1.807) is 12.4 Å². The van der Waals surface area contributed by atoms with E-state index in [-0.39, 0.29) is 6.10 Å². The molecule has 8 heteroatoms. The standard InChI is InChI=1S/C24H24N6O2/c1-30(2)14-19-15-31-21-8-7-17(12-22(21)32-19)28-24-25-10-9-23(29-24)27-18-11-16-5-3-4-6-20(16)26-13-18/h3-13,19H,14-15H2,1-2H3,(H2,25,27,28,29). The summed E-state index contributed by atoms with van der Waals surface area (Å²) in [6, 6.07) is 17.6. The van der Waals surface area contributed by atoms with Crippen molar-refractivity contribution in [2.45, 2.75) is 6.10 Å². The van der Waals surface area contributed by atoms with E-state index in [2.05, 4.69) is 30.5 Å². The van der Waals surface area contributed by atoms with Crippen LogP contribution in [0.2, 0.25) is 0 Å². The minimum atomic E-state index is -0.00732. The lowest BCUT2D eigenvalue weighted by Gasteiger charge is -2.28. The van der Waals surface area contributed by atoms with Crippen LogP contribution in [0.1, 0.15) is 0 Å². The Morgan fingerprint density at radius 3 is 2.78 bits per heavy atom. The van der Waals surface area contributed by atoms with E-state index < -0.39 is 0 Å². The van der Waals surface area contributed by atoms with Crippen LogP contribution in [0.3, 0.4) is 0 Å². The Balaban J connectivity index is 1.31. The van der Waals surface area contributed by atoms with Crippen molar-refractivity contribution in [3.05, 3.63) is 67.0 Å². The fourth-order valence-corrected chi connectivity index (χ4v) is 3.60. The van der Waals surface area contributed by atoms with Crippen LogP contribution in [0.5, 0.6) is 11.5 Å². The summed E-state index contributed by atoms with van der Waals surface area (Å²) < 4.78 is 11.9. The third-order valence-corrected chi connectivity index (χ3v) is 5.01. The van der Waals surface area contributed by atoms with Gasteiger partial charge in [0.2, 0.25) is 5.95 Å². The van der Waals surface area contributed by atoms with Crippen molar-refractivity contribution < 1.29 is 9.47 Å². The van der Waals surface area contributed by atoms with Crippen LogP contribution < -0.4 is 20.1 Å². The summed E-state index contributed by atoms with van der Waals surface area (Å²) in [6.07, 6.45) is 3.49. The van der Waals surface area contributed by atoms with Gasteiger partial charge >= 0.3 is 0 Å². The lowest BCUT2D eigenvalue weighted by Crippen LogP contribution is -2.37. The van der Waals surface area contributed by atoms with Crippen molar-refractivity contribution in [1.82, 2.24) is 19.9 Å². The maximum atomic E-state index is 6.09. The van der Waals surface area contributed by atoms with Crippen LogP contribution in [0.4, 0.5) is 23.1 Å². The molecule has 0 spiro atoms. The smallest absolute Gasteiger partial charge is 0.229 e. The summed E-state index contributed by atoms with van der Waals surface area (Å²) in [4.78, 5) is 15.5. The normalized spacial score (nSPS) is 15.0. The quantitative estimate of drug-likeness (QED) is 0.472. The number of ether oxygens (including phenoxy) is 2. The molecule has 1 unspecified atom stereocenters. The van der Waals surface area contributed by atoms with Gasteiger partial charge in [-0.1, -0.05) is 18.2 Å². The second-order valence-corrected chi connectivity index (χ2v) is 7.91. The first kappa shape index (κ1) is 20.0. The van der Waals surface area contributed by atoms with E-state index >= 15 is 0 Å². The number of hydrogen-bond acceptors (Lipinski definition) is 8. The van der Waals surface area contributed by atoms with E-state index in [1.165, 1.54) is 0 Å². The highest BCUT2D eigenvalue weighted by molar-refractivity contribution is 5.82. The van der Waals surface area contributed by atoms with Crippen LogP contribution in [0, 0.1) is 0 Å². The molecular formula is C24H24N6O2. The highest BCUT2D eigenvalue weighted by Gasteiger charge is 2.22. The van der Waals surface area contributed by atoms with Crippen molar-refractivity contribution in [3.63, 3.8) is 0 Å². The van der Waals surface area contributed by atoms with E-state index in [4.69, 9.17) is 9.47 Å². The zero-order chi connectivity index (χ0) is 21.9. The molecule has 162 valence electrons. The molecule has 4 aromatic rings. The Morgan fingerprint density at radius 2 is 1.88 bits per heavy atom. The van der Waals surface area contributed by atoms with Crippen LogP contribution in [0.15, 0.2) is 67.0 Å². The molecule has 0 fully saturated rings. The average molecular weight is 428 g/mol. The molecule has 0 bridgehead atoms. The van der Waals surface area contributed by atoms with Gasteiger partial charge in [0.15, 0.2) is 11.5 Å². The van der Waals surface area contributed by atoms with Crippen molar-refractivity contribution in [1.29, 1.82) is 0 Å². The van der Waals surface area contributed by atoms with E-state index in [0.29, 0.717) is 24.1 Å². The Bertz CT molecular complexity index is 1250. The van der Waals surface area contributed by atoms with Crippen molar-refractivity contribution in [3.8, 4) is 11.5 Å². The van der Waals surface area contributed by atoms with Crippen molar-refractivity contribution in [2.75, 3.05) is 37.9 Å². The number of rotatable bonds is 6. The molecule has 0 radical (unpaired) electrons. The maximum Gasteiger partial charge on any atom is 0.229 e. The largest absolute Gasteiger partial charge is 0.486 e.